The Kier molecular flexibility index (Phi) is 14.3. The second-order valence-corrected chi connectivity index (χ2v) is 13.2. The van der Waals surface area contributed by atoms with Crippen LogP contribution in [-0.2, 0) is 13.1 Å². The number of carbonyl (C=O) groups is 2. The van der Waals surface area contributed by atoms with Gasteiger partial charge in [0.05, 0.1) is 43.7 Å². The summed E-state index contributed by atoms with van der Waals surface area (Å²) in [6, 6.07) is 32.4. The van der Waals surface area contributed by atoms with Gasteiger partial charge in [-0.3, -0.25) is 14.5 Å². The predicted molar refractivity (Wildman–Crippen MR) is 210 cm³/mol. The number of hydrogen-bond acceptors (Lipinski definition) is 9. The van der Waals surface area contributed by atoms with Crippen molar-refractivity contribution in [2.75, 3.05) is 59.8 Å². The van der Waals surface area contributed by atoms with Gasteiger partial charge in [-0.1, -0.05) is 78.9 Å². The molecule has 0 aliphatic heterocycles. The molecule has 0 bridgehead atoms. The molecular formula is C41H48N8O5. The van der Waals surface area contributed by atoms with E-state index in [1.165, 1.54) is 10.7 Å². The van der Waals surface area contributed by atoms with E-state index in [2.05, 4.69) is 30.3 Å². The molecule has 0 unspecified atom stereocenters. The van der Waals surface area contributed by atoms with Gasteiger partial charge in [-0.05, 0) is 64.3 Å². The lowest BCUT2D eigenvalue weighted by atomic mass is 10.2. The van der Waals surface area contributed by atoms with Crippen LogP contribution in [0.1, 0.15) is 44.9 Å². The Bertz CT molecular complexity index is 2080. The standard InChI is InChI=1S/C25H27N5O2.C16H21N3O3/c1-29(2)13-8-14-32-24-16-23(30(28-24)18-19-9-4-3-5-10-19)25(31)27-21-15-20-11-6-7-12-22(20)26-17-21;1-18(2)9-6-10-22-15-11-14(16(20)21)19(17-15)12-13-7-4-3-5-8-13/h3-7,9-12,15-17H,8,13-14,18H2,1-2H3,(H,27,31);3-5,7-8,11H,6,9-10,12H2,1-2H3,(H,20,21). The van der Waals surface area contributed by atoms with Crippen molar-refractivity contribution in [1.29, 1.82) is 0 Å². The SMILES string of the molecule is CN(C)CCCOc1cc(C(=O)Nc2cnc3ccccc3c2)n(Cc2ccccc2)n1.CN(C)CCCOc1cc(C(=O)O)n(Cc2ccccc2)n1. The number of para-hydroxylation sites is 1. The van der Waals surface area contributed by atoms with Crippen LogP contribution >= 0.6 is 0 Å². The molecule has 0 saturated heterocycles. The highest BCUT2D eigenvalue weighted by molar-refractivity contribution is 6.04. The zero-order valence-electron chi connectivity index (χ0n) is 31.3. The predicted octanol–water partition coefficient (Wildman–Crippen LogP) is 6.02. The van der Waals surface area contributed by atoms with Gasteiger partial charge in [0.2, 0.25) is 11.8 Å². The number of amides is 1. The zero-order chi connectivity index (χ0) is 38.3. The number of pyridine rings is 1. The summed E-state index contributed by atoms with van der Waals surface area (Å²) in [7, 11) is 8.05. The molecule has 6 aromatic rings. The summed E-state index contributed by atoms with van der Waals surface area (Å²) >= 11 is 0. The van der Waals surface area contributed by atoms with Crippen LogP contribution in [0.2, 0.25) is 0 Å². The summed E-state index contributed by atoms with van der Waals surface area (Å²) in [5, 5.41) is 22.0. The molecular weight excluding hydrogens is 685 g/mol. The van der Waals surface area contributed by atoms with Crippen LogP contribution in [0.4, 0.5) is 5.69 Å². The number of aromatic carboxylic acids is 1. The van der Waals surface area contributed by atoms with Gasteiger partial charge >= 0.3 is 5.97 Å². The quantitative estimate of drug-likeness (QED) is 0.107. The number of benzene rings is 3. The first kappa shape index (κ1) is 39.2. The highest BCUT2D eigenvalue weighted by Crippen LogP contribution is 2.20. The van der Waals surface area contributed by atoms with E-state index in [9.17, 15) is 14.7 Å². The van der Waals surface area contributed by atoms with Gasteiger partial charge in [0.1, 0.15) is 5.69 Å². The molecule has 0 saturated carbocycles. The van der Waals surface area contributed by atoms with Gasteiger partial charge in [0.25, 0.3) is 5.91 Å². The minimum absolute atomic E-state index is 0.131. The Morgan fingerprint density at radius 2 is 1.19 bits per heavy atom. The molecule has 0 aliphatic carbocycles. The topological polar surface area (TPSA) is 140 Å². The smallest absolute Gasteiger partial charge is 0.354 e. The Morgan fingerprint density at radius 3 is 1.72 bits per heavy atom. The Hall–Kier alpha value is -6.05. The monoisotopic (exact) mass is 732 g/mol. The summed E-state index contributed by atoms with van der Waals surface area (Å²) < 4.78 is 14.5. The van der Waals surface area contributed by atoms with E-state index >= 15 is 0 Å². The summed E-state index contributed by atoms with van der Waals surface area (Å²) in [6.07, 6.45) is 3.40. The number of nitrogens with zero attached hydrogens (tertiary/aromatic N) is 7. The molecule has 1 amide bonds. The molecule has 0 atom stereocenters. The average Bonchev–Trinajstić information content (AvgIpc) is 3.76. The molecule has 282 valence electrons. The van der Waals surface area contributed by atoms with Crippen LogP contribution in [0.15, 0.2) is 109 Å². The number of rotatable bonds is 17. The van der Waals surface area contributed by atoms with Gasteiger partial charge in [-0.15, -0.1) is 10.2 Å². The largest absolute Gasteiger partial charge is 0.477 e. The van der Waals surface area contributed by atoms with Crippen LogP contribution in [-0.4, -0.2) is 106 Å². The molecule has 3 heterocycles. The van der Waals surface area contributed by atoms with Crippen molar-refractivity contribution in [1.82, 2.24) is 34.3 Å². The highest BCUT2D eigenvalue weighted by Gasteiger charge is 2.18. The lowest BCUT2D eigenvalue weighted by molar-refractivity contribution is 0.0683. The van der Waals surface area contributed by atoms with Gasteiger partial charge < -0.3 is 29.7 Å². The molecule has 13 heteroatoms. The molecule has 6 rings (SSSR count). The summed E-state index contributed by atoms with van der Waals surface area (Å²) in [4.78, 5) is 33.0. The van der Waals surface area contributed by atoms with Gasteiger partial charge in [-0.2, -0.15) is 0 Å². The molecule has 13 nitrogen and oxygen atoms in total. The number of carboxylic acid groups (broad SMARTS) is 1. The maximum absolute atomic E-state index is 13.1. The number of aromatic nitrogens is 5. The maximum Gasteiger partial charge on any atom is 0.354 e. The van der Waals surface area contributed by atoms with Crippen LogP contribution in [0.5, 0.6) is 11.8 Å². The fraction of sp³-hybridized carbons (Fsp3) is 0.293. The molecule has 3 aromatic carbocycles. The lowest BCUT2D eigenvalue weighted by Crippen LogP contribution is -2.18. The maximum atomic E-state index is 13.1. The van der Waals surface area contributed by atoms with Crippen molar-refractivity contribution >= 4 is 28.5 Å². The van der Waals surface area contributed by atoms with Gasteiger partial charge in [0, 0.05) is 30.6 Å². The molecule has 2 N–H and O–H groups in total. The first-order valence-electron chi connectivity index (χ1n) is 17.8. The molecule has 0 spiro atoms. The minimum atomic E-state index is -1.01. The fourth-order valence-electron chi connectivity index (χ4n) is 5.49. The summed E-state index contributed by atoms with van der Waals surface area (Å²) in [6.45, 7) is 3.77. The highest BCUT2D eigenvalue weighted by atomic mass is 16.5. The van der Waals surface area contributed by atoms with Crippen molar-refractivity contribution in [2.24, 2.45) is 0 Å². The van der Waals surface area contributed by atoms with E-state index in [0.29, 0.717) is 49.4 Å². The van der Waals surface area contributed by atoms with E-state index < -0.39 is 5.97 Å². The Morgan fingerprint density at radius 1 is 0.685 bits per heavy atom. The van der Waals surface area contributed by atoms with E-state index in [0.717, 1.165) is 48.0 Å². The number of anilines is 1. The molecule has 0 radical (unpaired) electrons. The number of carboxylic acids is 1. The van der Waals surface area contributed by atoms with Crippen LogP contribution in [0.3, 0.4) is 0 Å². The summed E-state index contributed by atoms with van der Waals surface area (Å²) in [5.41, 5.74) is 4.13. The molecule has 54 heavy (non-hydrogen) atoms. The number of hydrogen-bond donors (Lipinski definition) is 2. The van der Waals surface area contributed by atoms with Gasteiger partial charge in [-0.25, -0.2) is 9.48 Å². The molecule has 0 fully saturated rings. The van der Waals surface area contributed by atoms with Crippen molar-refractivity contribution in [3.8, 4) is 11.8 Å². The lowest BCUT2D eigenvalue weighted by Gasteiger charge is -2.09. The number of nitrogens with one attached hydrogen (secondary N) is 1. The Labute approximate surface area is 315 Å². The van der Waals surface area contributed by atoms with E-state index in [4.69, 9.17) is 9.47 Å². The number of ether oxygens (including phenoxy) is 2. The third kappa shape index (κ3) is 12.0. The second-order valence-electron chi connectivity index (χ2n) is 13.2. The zero-order valence-corrected chi connectivity index (χ0v) is 31.3. The fourth-order valence-corrected chi connectivity index (χ4v) is 5.49. The second kappa shape index (κ2) is 19.7. The average molecular weight is 733 g/mol. The van der Waals surface area contributed by atoms with Crippen molar-refractivity contribution < 1.29 is 24.2 Å². The van der Waals surface area contributed by atoms with E-state index in [1.807, 2.05) is 119 Å². The number of fused-ring (bicyclic) bond motifs is 1. The summed E-state index contributed by atoms with van der Waals surface area (Å²) in [5.74, 6) is -0.464. The van der Waals surface area contributed by atoms with Crippen molar-refractivity contribution in [2.45, 2.75) is 25.9 Å². The van der Waals surface area contributed by atoms with E-state index in [1.54, 1.807) is 16.9 Å². The van der Waals surface area contributed by atoms with E-state index in [-0.39, 0.29) is 11.6 Å². The normalized spacial score (nSPS) is 11.0. The van der Waals surface area contributed by atoms with Crippen LogP contribution in [0, 0.1) is 0 Å². The van der Waals surface area contributed by atoms with Gasteiger partial charge in [0.15, 0.2) is 5.69 Å². The third-order valence-corrected chi connectivity index (χ3v) is 8.16. The molecule has 0 aliphatic rings. The number of carbonyl (C=O) groups excluding carboxylic acids is 1. The van der Waals surface area contributed by atoms with Crippen molar-refractivity contribution in [3.05, 3.63) is 132 Å². The van der Waals surface area contributed by atoms with Crippen LogP contribution in [0.25, 0.3) is 10.9 Å². The first-order valence-corrected chi connectivity index (χ1v) is 17.8. The van der Waals surface area contributed by atoms with Crippen LogP contribution < -0.4 is 14.8 Å². The van der Waals surface area contributed by atoms with Crippen molar-refractivity contribution in [3.63, 3.8) is 0 Å². The third-order valence-electron chi connectivity index (χ3n) is 8.16. The first-order chi connectivity index (χ1) is 26.1. The minimum Gasteiger partial charge on any atom is -0.477 e. The molecule has 3 aromatic heterocycles. The Balaban J connectivity index is 0.000000223.